The van der Waals surface area contributed by atoms with Crippen LogP contribution in [-0.4, -0.2) is 39.5 Å². The quantitative estimate of drug-likeness (QED) is 0.646. The van der Waals surface area contributed by atoms with Crippen LogP contribution in [0, 0.1) is 17.2 Å². The van der Waals surface area contributed by atoms with Crippen molar-refractivity contribution in [2.45, 2.75) is 31.8 Å². The maximum atomic E-state index is 12.2. The van der Waals surface area contributed by atoms with Gasteiger partial charge in [0.1, 0.15) is 12.6 Å². The zero-order valence-electron chi connectivity index (χ0n) is 14.3. The molecule has 2 N–H and O–H groups in total. The van der Waals surface area contributed by atoms with Crippen LogP contribution in [0.5, 0.6) is 0 Å². The second-order valence-electron chi connectivity index (χ2n) is 5.70. The Bertz CT molecular complexity index is 768. The molecule has 1 aromatic rings. The lowest BCUT2D eigenvalue weighted by Crippen LogP contribution is -2.40. The number of rotatable bonds is 8. The van der Waals surface area contributed by atoms with Crippen LogP contribution in [-0.2, 0) is 24.3 Å². The molecule has 0 radical (unpaired) electrons. The largest absolute Gasteiger partial charge is 0.452 e. The van der Waals surface area contributed by atoms with Crippen LogP contribution in [0.25, 0.3) is 0 Å². The standard InChI is InChI=1S/C16H21N3O5S/c1-11(2)9-18-16(21)12(3)24-15(20)10-19-25(22,23)14-7-5-4-6-13(14)8-17/h4-7,11-12,19H,9-10H2,1-3H3,(H,18,21)/t12-/m0/s1. The van der Waals surface area contributed by atoms with Crippen molar-refractivity contribution < 1.29 is 22.7 Å². The monoisotopic (exact) mass is 367 g/mol. The van der Waals surface area contributed by atoms with E-state index in [-0.39, 0.29) is 16.4 Å². The zero-order valence-corrected chi connectivity index (χ0v) is 15.1. The van der Waals surface area contributed by atoms with Gasteiger partial charge in [-0.1, -0.05) is 26.0 Å². The molecular weight excluding hydrogens is 346 g/mol. The van der Waals surface area contributed by atoms with E-state index in [1.54, 1.807) is 6.07 Å². The third-order valence-corrected chi connectivity index (χ3v) is 4.52. The summed E-state index contributed by atoms with van der Waals surface area (Å²) in [5, 5.41) is 11.6. The molecule has 0 unspecified atom stereocenters. The first kappa shape index (κ1) is 20.6. The highest BCUT2D eigenvalue weighted by Gasteiger charge is 2.22. The minimum atomic E-state index is -4.05. The number of hydrogen-bond donors (Lipinski definition) is 2. The molecule has 25 heavy (non-hydrogen) atoms. The van der Waals surface area contributed by atoms with Gasteiger partial charge in [0.15, 0.2) is 6.10 Å². The minimum Gasteiger partial charge on any atom is -0.452 e. The Morgan fingerprint density at radius 2 is 1.88 bits per heavy atom. The molecule has 1 atom stereocenters. The van der Waals surface area contributed by atoms with E-state index in [9.17, 15) is 18.0 Å². The minimum absolute atomic E-state index is 0.0372. The van der Waals surface area contributed by atoms with E-state index < -0.39 is 34.5 Å². The number of nitriles is 1. The van der Waals surface area contributed by atoms with Crippen LogP contribution in [0.4, 0.5) is 0 Å². The topological polar surface area (TPSA) is 125 Å². The molecule has 0 saturated carbocycles. The number of benzene rings is 1. The Hall–Kier alpha value is -2.44. The molecule has 0 spiro atoms. The molecular formula is C16H21N3O5S. The summed E-state index contributed by atoms with van der Waals surface area (Å²) in [7, 11) is -4.05. The average molecular weight is 367 g/mol. The fraction of sp³-hybridized carbons (Fsp3) is 0.438. The molecule has 1 aromatic carbocycles. The molecule has 0 saturated heterocycles. The Kier molecular flexibility index (Phi) is 7.54. The van der Waals surface area contributed by atoms with E-state index in [0.29, 0.717) is 6.54 Å². The molecule has 0 heterocycles. The maximum Gasteiger partial charge on any atom is 0.321 e. The van der Waals surface area contributed by atoms with Crippen LogP contribution in [0.15, 0.2) is 29.2 Å². The Morgan fingerprint density at radius 1 is 1.24 bits per heavy atom. The van der Waals surface area contributed by atoms with Gasteiger partial charge in [0.25, 0.3) is 5.91 Å². The summed E-state index contributed by atoms with van der Waals surface area (Å²) in [6.45, 7) is 5.03. The number of esters is 1. The second-order valence-corrected chi connectivity index (χ2v) is 7.44. The van der Waals surface area contributed by atoms with E-state index in [2.05, 4.69) is 10.0 Å². The summed E-state index contributed by atoms with van der Waals surface area (Å²) in [5.41, 5.74) is -0.0372. The van der Waals surface area contributed by atoms with E-state index >= 15 is 0 Å². The predicted molar refractivity (Wildman–Crippen MR) is 89.7 cm³/mol. The van der Waals surface area contributed by atoms with Gasteiger partial charge in [0.2, 0.25) is 10.0 Å². The van der Waals surface area contributed by atoms with Gasteiger partial charge in [0, 0.05) is 6.54 Å². The fourth-order valence-corrected chi connectivity index (χ4v) is 2.89. The predicted octanol–water partition coefficient (Wildman–Crippen LogP) is 0.540. The van der Waals surface area contributed by atoms with Crippen LogP contribution >= 0.6 is 0 Å². The van der Waals surface area contributed by atoms with Crippen molar-refractivity contribution in [1.82, 2.24) is 10.0 Å². The van der Waals surface area contributed by atoms with Crippen LogP contribution in [0.1, 0.15) is 26.3 Å². The van der Waals surface area contributed by atoms with Gasteiger partial charge in [-0.2, -0.15) is 9.98 Å². The van der Waals surface area contributed by atoms with Gasteiger partial charge >= 0.3 is 5.97 Å². The maximum absolute atomic E-state index is 12.2. The highest BCUT2D eigenvalue weighted by atomic mass is 32.2. The van der Waals surface area contributed by atoms with Crippen LogP contribution in [0.3, 0.4) is 0 Å². The van der Waals surface area contributed by atoms with E-state index in [1.165, 1.54) is 31.2 Å². The van der Waals surface area contributed by atoms with Crippen molar-refractivity contribution >= 4 is 21.9 Å². The number of amides is 1. The van der Waals surface area contributed by atoms with Gasteiger partial charge in [-0.3, -0.25) is 9.59 Å². The molecule has 1 amide bonds. The molecule has 0 fully saturated rings. The summed E-state index contributed by atoms with van der Waals surface area (Å²) in [5.74, 6) is -1.11. The Labute approximate surface area is 147 Å². The number of nitrogens with one attached hydrogen (secondary N) is 2. The molecule has 0 aliphatic rings. The fourth-order valence-electron chi connectivity index (χ4n) is 1.77. The molecule has 0 aromatic heterocycles. The highest BCUT2D eigenvalue weighted by Crippen LogP contribution is 2.13. The van der Waals surface area contributed by atoms with E-state index in [1.807, 2.05) is 13.8 Å². The number of hydrogen-bond acceptors (Lipinski definition) is 6. The number of carbonyl (C=O) groups excluding carboxylic acids is 2. The second kappa shape index (κ2) is 9.15. The van der Waals surface area contributed by atoms with Crippen molar-refractivity contribution in [3.63, 3.8) is 0 Å². The van der Waals surface area contributed by atoms with Crippen LogP contribution < -0.4 is 10.0 Å². The lowest BCUT2D eigenvalue weighted by atomic mass is 10.2. The smallest absolute Gasteiger partial charge is 0.321 e. The lowest BCUT2D eigenvalue weighted by molar-refractivity contribution is -0.153. The molecule has 8 nitrogen and oxygen atoms in total. The summed E-state index contributed by atoms with van der Waals surface area (Å²) < 4.78 is 31.3. The molecule has 9 heteroatoms. The molecule has 136 valence electrons. The average Bonchev–Trinajstić information content (AvgIpc) is 2.57. The number of ether oxygens (including phenoxy) is 1. The van der Waals surface area contributed by atoms with Crippen molar-refractivity contribution in [2.24, 2.45) is 5.92 Å². The van der Waals surface area contributed by atoms with Crippen molar-refractivity contribution in [3.8, 4) is 6.07 Å². The molecule has 0 aliphatic heterocycles. The first-order valence-corrected chi connectivity index (χ1v) is 9.11. The van der Waals surface area contributed by atoms with Gasteiger partial charge in [-0.25, -0.2) is 8.42 Å². The van der Waals surface area contributed by atoms with E-state index in [4.69, 9.17) is 10.00 Å². The number of nitrogens with zero attached hydrogens (tertiary/aromatic N) is 1. The summed E-state index contributed by atoms with van der Waals surface area (Å²) in [4.78, 5) is 23.2. The SMILES string of the molecule is CC(C)CNC(=O)[C@H](C)OC(=O)CNS(=O)(=O)c1ccccc1C#N. The van der Waals surface area contributed by atoms with Crippen molar-refractivity contribution in [1.29, 1.82) is 5.26 Å². The van der Waals surface area contributed by atoms with Gasteiger partial charge in [-0.15, -0.1) is 0 Å². The van der Waals surface area contributed by atoms with Crippen molar-refractivity contribution in [2.75, 3.05) is 13.1 Å². The number of sulfonamides is 1. The first-order chi connectivity index (χ1) is 11.7. The zero-order chi connectivity index (χ0) is 19.0. The highest BCUT2D eigenvalue weighted by molar-refractivity contribution is 7.89. The third kappa shape index (κ3) is 6.52. The van der Waals surface area contributed by atoms with E-state index in [0.717, 1.165) is 0 Å². The Balaban J connectivity index is 2.61. The number of carbonyl (C=O) groups is 2. The first-order valence-electron chi connectivity index (χ1n) is 7.63. The summed E-state index contributed by atoms with van der Waals surface area (Å²) >= 11 is 0. The van der Waals surface area contributed by atoms with Gasteiger partial charge in [-0.05, 0) is 25.0 Å². The normalized spacial score (nSPS) is 12.3. The summed E-state index contributed by atoms with van der Waals surface area (Å²) in [6, 6.07) is 7.38. The van der Waals surface area contributed by atoms with Gasteiger partial charge in [0.05, 0.1) is 10.5 Å². The lowest BCUT2D eigenvalue weighted by Gasteiger charge is -2.15. The van der Waals surface area contributed by atoms with Crippen molar-refractivity contribution in [3.05, 3.63) is 29.8 Å². The summed E-state index contributed by atoms with van der Waals surface area (Å²) in [6.07, 6.45) is -1.04. The van der Waals surface area contributed by atoms with Gasteiger partial charge < -0.3 is 10.1 Å². The molecule has 1 rings (SSSR count). The van der Waals surface area contributed by atoms with Crippen LogP contribution in [0.2, 0.25) is 0 Å². The Morgan fingerprint density at radius 3 is 2.48 bits per heavy atom. The molecule has 0 bridgehead atoms. The molecule has 0 aliphatic carbocycles. The third-order valence-electron chi connectivity index (χ3n) is 3.07.